The van der Waals surface area contributed by atoms with E-state index in [4.69, 9.17) is 11.6 Å². The maximum absolute atomic E-state index is 12.5. The highest BCUT2D eigenvalue weighted by molar-refractivity contribution is 9.10. The fourth-order valence-electron chi connectivity index (χ4n) is 2.57. The quantitative estimate of drug-likeness (QED) is 0.732. The summed E-state index contributed by atoms with van der Waals surface area (Å²) in [5.74, 6) is -0.422. The number of hydrogen-bond acceptors (Lipinski definition) is 4. The van der Waals surface area contributed by atoms with Gasteiger partial charge in [-0.25, -0.2) is 13.4 Å². The fourth-order valence-corrected chi connectivity index (χ4v) is 4.61. The standard InChI is InChI=1S/C16H15BrClN3O3S/c17-11-9-14(15(18)19-10-11)16(22)20-12-3-5-13(6-4-12)25(23,24)21-7-1-2-8-21/h3-6,9-10H,1-2,7-8H2,(H,20,22). The number of anilines is 1. The van der Waals surface area contributed by atoms with Gasteiger partial charge in [0, 0.05) is 29.4 Å². The molecule has 1 fully saturated rings. The third-order valence-corrected chi connectivity index (χ3v) is 6.51. The molecule has 0 aliphatic carbocycles. The summed E-state index contributed by atoms with van der Waals surface area (Å²) in [6.07, 6.45) is 3.26. The molecular weight excluding hydrogens is 430 g/mol. The Bertz CT molecular complexity index is 897. The largest absolute Gasteiger partial charge is 0.322 e. The lowest BCUT2D eigenvalue weighted by atomic mass is 10.2. The first-order valence-electron chi connectivity index (χ1n) is 7.60. The zero-order chi connectivity index (χ0) is 18.0. The van der Waals surface area contributed by atoms with Gasteiger partial charge in [0.15, 0.2) is 0 Å². The van der Waals surface area contributed by atoms with E-state index in [0.717, 1.165) is 12.8 Å². The van der Waals surface area contributed by atoms with Gasteiger partial charge in [0.1, 0.15) is 5.15 Å². The Morgan fingerprint density at radius 2 is 1.84 bits per heavy atom. The number of carbonyl (C=O) groups is 1. The van der Waals surface area contributed by atoms with Crippen LogP contribution < -0.4 is 5.32 Å². The lowest BCUT2D eigenvalue weighted by Crippen LogP contribution is -2.27. The monoisotopic (exact) mass is 443 g/mol. The molecule has 2 heterocycles. The van der Waals surface area contributed by atoms with Crippen LogP contribution in [0.5, 0.6) is 0 Å². The second-order valence-corrected chi connectivity index (χ2v) is 8.79. The van der Waals surface area contributed by atoms with E-state index in [1.807, 2.05) is 0 Å². The molecule has 0 spiro atoms. The Balaban J connectivity index is 1.76. The Labute approximate surface area is 159 Å². The second-order valence-electron chi connectivity index (χ2n) is 5.58. The Kier molecular flexibility index (Phi) is 5.43. The number of carbonyl (C=O) groups excluding carboxylic acids is 1. The maximum atomic E-state index is 12.5. The van der Waals surface area contributed by atoms with Crippen LogP contribution in [-0.4, -0.2) is 36.7 Å². The third kappa shape index (κ3) is 4.03. The van der Waals surface area contributed by atoms with E-state index in [-0.39, 0.29) is 15.6 Å². The molecule has 0 saturated carbocycles. The molecule has 0 bridgehead atoms. The Hall–Kier alpha value is -1.48. The van der Waals surface area contributed by atoms with Crippen LogP contribution in [0, 0.1) is 0 Å². The van der Waals surface area contributed by atoms with Crippen molar-refractivity contribution in [3.63, 3.8) is 0 Å². The zero-order valence-electron chi connectivity index (χ0n) is 13.1. The van der Waals surface area contributed by atoms with Crippen LogP contribution in [0.15, 0.2) is 45.9 Å². The minimum absolute atomic E-state index is 0.0916. The molecule has 2 aromatic rings. The summed E-state index contributed by atoms with van der Waals surface area (Å²) in [7, 11) is -3.47. The SMILES string of the molecule is O=C(Nc1ccc(S(=O)(=O)N2CCCC2)cc1)c1cc(Br)cnc1Cl. The molecule has 132 valence electrons. The maximum Gasteiger partial charge on any atom is 0.258 e. The van der Waals surface area contributed by atoms with Crippen molar-refractivity contribution in [3.05, 3.63) is 51.7 Å². The van der Waals surface area contributed by atoms with Gasteiger partial charge in [0.05, 0.1) is 10.5 Å². The molecule has 6 nitrogen and oxygen atoms in total. The Morgan fingerprint density at radius 3 is 2.48 bits per heavy atom. The molecule has 3 rings (SSSR count). The molecule has 1 saturated heterocycles. The smallest absolute Gasteiger partial charge is 0.258 e. The molecule has 1 aliphatic rings. The van der Waals surface area contributed by atoms with Crippen molar-refractivity contribution in [3.8, 4) is 0 Å². The van der Waals surface area contributed by atoms with Crippen LogP contribution in [0.25, 0.3) is 0 Å². The average Bonchev–Trinajstić information content (AvgIpc) is 3.13. The second kappa shape index (κ2) is 7.41. The normalized spacial score (nSPS) is 15.3. The molecule has 1 aromatic carbocycles. The molecule has 1 aliphatic heterocycles. The highest BCUT2D eigenvalue weighted by Gasteiger charge is 2.27. The number of sulfonamides is 1. The fraction of sp³-hybridized carbons (Fsp3) is 0.250. The molecule has 25 heavy (non-hydrogen) atoms. The predicted molar refractivity (Wildman–Crippen MR) is 99.3 cm³/mol. The number of pyridine rings is 1. The van der Waals surface area contributed by atoms with Gasteiger partial charge < -0.3 is 5.32 Å². The van der Waals surface area contributed by atoms with Crippen LogP contribution in [-0.2, 0) is 10.0 Å². The predicted octanol–water partition coefficient (Wildman–Crippen LogP) is 3.53. The van der Waals surface area contributed by atoms with Gasteiger partial charge in [0.25, 0.3) is 5.91 Å². The van der Waals surface area contributed by atoms with Crippen molar-refractivity contribution < 1.29 is 13.2 Å². The topological polar surface area (TPSA) is 79.4 Å². The highest BCUT2D eigenvalue weighted by atomic mass is 79.9. The van der Waals surface area contributed by atoms with E-state index in [0.29, 0.717) is 23.2 Å². The van der Waals surface area contributed by atoms with Gasteiger partial charge in [-0.15, -0.1) is 0 Å². The van der Waals surface area contributed by atoms with Crippen molar-refractivity contribution in [2.24, 2.45) is 0 Å². The summed E-state index contributed by atoms with van der Waals surface area (Å²) in [5.41, 5.74) is 0.700. The first kappa shape index (κ1) is 18.3. The van der Waals surface area contributed by atoms with Crippen molar-refractivity contribution in [1.82, 2.24) is 9.29 Å². The number of benzene rings is 1. The number of hydrogen-bond donors (Lipinski definition) is 1. The molecule has 0 radical (unpaired) electrons. The van der Waals surface area contributed by atoms with Crippen molar-refractivity contribution >= 4 is 49.1 Å². The Morgan fingerprint density at radius 1 is 1.20 bits per heavy atom. The summed E-state index contributed by atoms with van der Waals surface area (Å²) >= 11 is 9.18. The summed E-state index contributed by atoms with van der Waals surface area (Å²) < 4.78 is 27.1. The van der Waals surface area contributed by atoms with Gasteiger partial charge in [-0.05, 0) is 59.1 Å². The molecular formula is C16H15BrClN3O3S. The summed E-state index contributed by atoms with van der Waals surface area (Å²) in [5, 5.41) is 2.77. The minimum Gasteiger partial charge on any atom is -0.322 e. The number of halogens is 2. The molecule has 9 heteroatoms. The van der Waals surface area contributed by atoms with Gasteiger partial charge in [-0.3, -0.25) is 4.79 Å². The van der Waals surface area contributed by atoms with E-state index < -0.39 is 15.9 Å². The van der Waals surface area contributed by atoms with Crippen molar-refractivity contribution in [2.75, 3.05) is 18.4 Å². The van der Waals surface area contributed by atoms with Crippen LogP contribution in [0.1, 0.15) is 23.2 Å². The number of amides is 1. The van der Waals surface area contributed by atoms with Gasteiger partial charge >= 0.3 is 0 Å². The van der Waals surface area contributed by atoms with Crippen molar-refractivity contribution in [1.29, 1.82) is 0 Å². The van der Waals surface area contributed by atoms with E-state index in [1.54, 1.807) is 18.2 Å². The zero-order valence-corrected chi connectivity index (χ0v) is 16.2. The average molecular weight is 445 g/mol. The number of nitrogens with zero attached hydrogens (tertiary/aromatic N) is 2. The number of aromatic nitrogens is 1. The molecule has 0 unspecified atom stereocenters. The molecule has 1 aromatic heterocycles. The lowest BCUT2D eigenvalue weighted by molar-refractivity contribution is 0.102. The highest BCUT2D eigenvalue weighted by Crippen LogP contribution is 2.23. The number of nitrogens with one attached hydrogen (secondary N) is 1. The van der Waals surface area contributed by atoms with E-state index in [1.165, 1.54) is 22.6 Å². The minimum atomic E-state index is -3.47. The summed E-state index contributed by atoms with van der Waals surface area (Å²) in [6, 6.07) is 7.66. The molecule has 1 amide bonds. The first-order valence-corrected chi connectivity index (χ1v) is 10.2. The van der Waals surface area contributed by atoms with Crippen LogP contribution in [0.4, 0.5) is 5.69 Å². The van der Waals surface area contributed by atoms with E-state index in [2.05, 4.69) is 26.2 Å². The van der Waals surface area contributed by atoms with E-state index in [9.17, 15) is 13.2 Å². The number of rotatable bonds is 4. The molecule has 1 N–H and O–H groups in total. The van der Waals surface area contributed by atoms with Crippen LogP contribution in [0.2, 0.25) is 5.15 Å². The first-order chi connectivity index (χ1) is 11.9. The van der Waals surface area contributed by atoms with Gasteiger partial charge in [-0.1, -0.05) is 11.6 Å². The summed E-state index contributed by atoms with van der Waals surface area (Å²) in [6.45, 7) is 1.10. The van der Waals surface area contributed by atoms with E-state index >= 15 is 0 Å². The van der Waals surface area contributed by atoms with Crippen LogP contribution in [0.3, 0.4) is 0 Å². The lowest BCUT2D eigenvalue weighted by Gasteiger charge is -2.15. The van der Waals surface area contributed by atoms with Crippen molar-refractivity contribution in [2.45, 2.75) is 17.7 Å². The van der Waals surface area contributed by atoms with Gasteiger partial charge in [-0.2, -0.15) is 4.31 Å². The van der Waals surface area contributed by atoms with Crippen LogP contribution >= 0.6 is 27.5 Å². The molecule has 0 atom stereocenters. The van der Waals surface area contributed by atoms with Gasteiger partial charge in [0.2, 0.25) is 10.0 Å². The third-order valence-electron chi connectivity index (χ3n) is 3.87. The summed E-state index contributed by atoms with van der Waals surface area (Å²) in [4.78, 5) is 16.4.